The van der Waals surface area contributed by atoms with Gasteiger partial charge in [-0.3, -0.25) is 4.79 Å². The van der Waals surface area contributed by atoms with Crippen molar-refractivity contribution in [2.45, 2.75) is 6.54 Å². The van der Waals surface area contributed by atoms with Crippen LogP contribution in [0.5, 0.6) is 0 Å². The summed E-state index contributed by atoms with van der Waals surface area (Å²) in [6, 6.07) is 16.2. The van der Waals surface area contributed by atoms with Crippen LogP contribution in [0.3, 0.4) is 0 Å². The van der Waals surface area contributed by atoms with Gasteiger partial charge in [0, 0.05) is 17.8 Å². The van der Waals surface area contributed by atoms with Gasteiger partial charge in [0.1, 0.15) is 5.69 Å². The van der Waals surface area contributed by atoms with E-state index in [0.29, 0.717) is 22.3 Å². The van der Waals surface area contributed by atoms with Crippen LogP contribution in [0.25, 0.3) is 0 Å². The van der Waals surface area contributed by atoms with Crippen LogP contribution in [0.15, 0.2) is 60.8 Å². The molecule has 1 amide bonds. The number of hydrogen-bond donors (Lipinski definition) is 2. The van der Waals surface area contributed by atoms with E-state index in [1.807, 2.05) is 30.3 Å². The minimum atomic E-state index is -0.286. The van der Waals surface area contributed by atoms with Crippen LogP contribution in [-0.4, -0.2) is 15.9 Å². The fourth-order valence-corrected chi connectivity index (χ4v) is 2.46. The summed E-state index contributed by atoms with van der Waals surface area (Å²) in [5.41, 5.74) is 1.83. The first-order valence-corrected chi connectivity index (χ1v) is 8.24. The number of hydrogen-bond acceptors (Lipinski definition) is 4. The van der Waals surface area contributed by atoms with Gasteiger partial charge in [-0.25, -0.2) is 9.97 Å². The minimum Gasteiger partial charge on any atom is -0.347 e. The van der Waals surface area contributed by atoms with E-state index < -0.39 is 0 Å². The van der Waals surface area contributed by atoms with Crippen LogP contribution in [0.2, 0.25) is 10.0 Å². The monoisotopic (exact) mass is 372 g/mol. The molecule has 2 N–H and O–H groups in total. The summed E-state index contributed by atoms with van der Waals surface area (Å²) in [6.07, 6.45) is 1.51. The van der Waals surface area contributed by atoms with Gasteiger partial charge in [-0.1, -0.05) is 53.5 Å². The molecule has 3 aromatic rings. The van der Waals surface area contributed by atoms with Gasteiger partial charge in [0.05, 0.1) is 10.7 Å². The molecule has 7 heteroatoms. The molecule has 0 aliphatic carbocycles. The average molecular weight is 373 g/mol. The van der Waals surface area contributed by atoms with E-state index in [2.05, 4.69) is 20.6 Å². The molecule has 0 spiro atoms. The van der Waals surface area contributed by atoms with Gasteiger partial charge in [-0.15, -0.1) is 0 Å². The van der Waals surface area contributed by atoms with Crippen molar-refractivity contribution in [3.05, 3.63) is 82.1 Å². The van der Waals surface area contributed by atoms with E-state index >= 15 is 0 Å². The summed E-state index contributed by atoms with van der Waals surface area (Å²) in [7, 11) is 0. The Morgan fingerprint density at radius 1 is 1.04 bits per heavy atom. The molecular weight excluding hydrogens is 359 g/mol. The van der Waals surface area contributed by atoms with E-state index in [1.165, 1.54) is 6.20 Å². The summed E-state index contributed by atoms with van der Waals surface area (Å²) >= 11 is 12.1. The first-order valence-electron chi connectivity index (χ1n) is 7.49. The van der Waals surface area contributed by atoms with Crippen molar-refractivity contribution in [2.24, 2.45) is 0 Å². The van der Waals surface area contributed by atoms with Crippen LogP contribution < -0.4 is 10.6 Å². The number of carbonyl (C=O) groups excluding carboxylic acids is 1. The highest BCUT2D eigenvalue weighted by molar-refractivity contribution is 6.35. The van der Waals surface area contributed by atoms with Gasteiger partial charge in [0.25, 0.3) is 5.91 Å². The van der Waals surface area contributed by atoms with Crippen LogP contribution in [0.1, 0.15) is 16.1 Å². The smallest absolute Gasteiger partial charge is 0.270 e. The van der Waals surface area contributed by atoms with E-state index in [4.69, 9.17) is 23.2 Å². The summed E-state index contributed by atoms with van der Waals surface area (Å²) in [5.74, 6) is -0.0250. The fourth-order valence-electron chi connectivity index (χ4n) is 2.13. The second-order valence-electron chi connectivity index (χ2n) is 5.18. The molecule has 0 aliphatic rings. The molecule has 0 atom stereocenters. The Balaban J connectivity index is 1.70. The molecule has 126 valence electrons. The Hall–Kier alpha value is -2.63. The fraction of sp³-hybridized carbons (Fsp3) is 0.0556. The van der Waals surface area contributed by atoms with Gasteiger partial charge >= 0.3 is 0 Å². The zero-order valence-electron chi connectivity index (χ0n) is 13.0. The lowest BCUT2D eigenvalue weighted by atomic mass is 10.2. The molecule has 0 radical (unpaired) electrons. The maximum Gasteiger partial charge on any atom is 0.270 e. The average Bonchev–Trinajstić information content (AvgIpc) is 2.64. The lowest BCUT2D eigenvalue weighted by Crippen LogP contribution is -2.24. The van der Waals surface area contributed by atoms with Crippen molar-refractivity contribution >= 4 is 40.7 Å². The third-order valence-corrected chi connectivity index (χ3v) is 3.92. The molecule has 0 saturated carbocycles. The zero-order chi connectivity index (χ0) is 17.6. The van der Waals surface area contributed by atoms with Crippen molar-refractivity contribution in [2.75, 3.05) is 5.32 Å². The topological polar surface area (TPSA) is 66.9 Å². The number of aromatic nitrogens is 2. The van der Waals surface area contributed by atoms with Crippen molar-refractivity contribution < 1.29 is 4.79 Å². The molecule has 1 heterocycles. The highest BCUT2D eigenvalue weighted by atomic mass is 35.5. The second-order valence-corrected chi connectivity index (χ2v) is 6.03. The van der Waals surface area contributed by atoms with Crippen molar-refractivity contribution in [3.8, 4) is 0 Å². The van der Waals surface area contributed by atoms with Gasteiger partial charge in [-0.05, 0) is 29.8 Å². The molecule has 25 heavy (non-hydrogen) atoms. The zero-order valence-corrected chi connectivity index (χ0v) is 14.6. The third-order valence-electron chi connectivity index (χ3n) is 3.36. The molecule has 1 aromatic heterocycles. The molecule has 0 bridgehead atoms. The van der Waals surface area contributed by atoms with E-state index in [-0.39, 0.29) is 17.5 Å². The Kier molecular flexibility index (Phi) is 5.48. The van der Waals surface area contributed by atoms with E-state index in [0.717, 1.165) is 5.56 Å². The molecule has 2 aromatic carbocycles. The Labute approximate surface area is 155 Å². The quantitative estimate of drug-likeness (QED) is 0.693. The highest BCUT2D eigenvalue weighted by Gasteiger charge is 2.10. The number of nitrogens with one attached hydrogen (secondary N) is 2. The maximum atomic E-state index is 12.3. The largest absolute Gasteiger partial charge is 0.347 e. The number of halogens is 2. The Morgan fingerprint density at radius 3 is 2.64 bits per heavy atom. The van der Waals surface area contributed by atoms with Crippen LogP contribution >= 0.6 is 23.2 Å². The van der Waals surface area contributed by atoms with Crippen LogP contribution in [0, 0.1) is 0 Å². The lowest BCUT2D eigenvalue weighted by molar-refractivity contribution is 0.0946. The number of carbonyl (C=O) groups is 1. The highest BCUT2D eigenvalue weighted by Crippen LogP contribution is 2.27. The normalized spacial score (nSPS) is 10.3. The summed E-state index contributed by atoms with van der Waals surface area (Å²) < 4.78 is 0. The Morgan fingerprint density at radius 2 is 1.84 bits per heavy atom. The van der Waals surface area contributed by atoms with Crippen molar-refractivity contribution in [1.82, 2.24) is 15.3 Å². The van der Waals surface area contributed by atoms with Gasteiger partial charge in [0.2, 0.25) is 5.95 Å². The number of benzene rings is 2. The van der Waals surface area contributed by atoms with E-state index in [1.54, 1.807) is 24.3 Å². The number of amides is 1. The number of anilines is 2. The first kappa shape index (κ1) is 17.2. The summed E-state index contributed by atoms with van der Waals surface area (Å²) in [4.78, 5) is 20.6. The predicted molar refractivity (Wildman–Crippen MR) is 99.4 cm³/mol. The van der Waals surface area contributed by atoms with E-state index in [9.17, 15) is 4.79 Å². The summed E-state index contributed by atoms with van der Waals surface area (Å²) in [6.45, 7) is 0.423. The van der Waals surface area contributed by atoms with Crippen molar-refractivity contribution in [1.29, 1.82) is 0 Å². The molecule has 0 saturated heterocycles. The molecule has 3 rings (SSSR count). The van der Waals surface area contributed by atoms with Gasteiger partial charge in [0.15, 0.2) is 0 Å². The second kappa shape index (κ2) is 7.96. The van der Waals surface area contributed by atoms with Crippen molar-refractivity contribution in [3.63, 3.8) is 0 Å². The Bertz CT molecular complexity index is 887. The van der Waals surface area contributed by atoms with Crippen LogP contribution in [0.4, 0.5) is 11.6 Å². The molecule has 0 unspecified atom stereocenters. The standard InChI is InChI=1S/C18H14Cl2N4O/c19-13-6-7-14(20)16(10-13)24-18-21-9-8-15(23-18)17(25)22-11-12-4-2-1-3-5-12/h1-10H,11H2,(H,22,25)(H,21,23,24). The summed E-state index contributed by atoms with van der Waals surface area (Å²) in [5, 5.41) is 6.80. The third kappa shape index (κ3) is 4.68. The molecular formula is C18H14Cl2N4O. The predicted octanol–water partition coefficient (Wildman–Crippen LogP) is 4.46. The number of nitrogens with zero attached hydrogens (tertiary/aromatic N) is 2. The molecule has 5 nitrogen and oxygen atoms in total. The van der Waals surface area contributed by atoms with Crippen LogP contribution in [-0.2, 0) is 6.54 Å². The SMILES string of the molecule is O=C(NCc1ccccc1)c1ccnc(Nc2cc(Cl)ccc2Cl)n1. The number of rotatable bonds is 5. The lowest BCUT2D eigenvalue weighted by Gasteiger charge is -2.09. The maximum absolute atomic E-state index is 12.3. The van der Waals surface area contributed by atoms with Gasteiger partial charge in [-0.2, -0.15) is 0 Å². The van der Waals surface area contributed by atoms with Gasteiger partial charge < -0.3 is 10.6 Å². The molecule has 0 fully saturated rings. The minimum absolute atomic E-state index is 0.256. The first-order chi connectivity index (χ1) is 12.1. The molecule has 0 aliphatic heterocycles.